The minimum Gasteiger partial charge on any atom is -0.344 e. The summed E-state index contributed by atoms with van der Waals surface area (Å²) in [5.74, 6) is -0.825. The molecule has 9 nitrogen and oxygen atoms in total. The molecule has 1 aromatic rings. The maximum Gasteiger partial charge on any atom is 0.246 e. The second-order valence-corrected chi connectivity index (χ2v) is 11.6. The normalized spacial score (nSPS) is 17.2. The van der Waals surface area contributed by atoms with Crippen LogP contribution in [-0.4, -0.2) is 64.1 Å². The Kier molecular flexibility index (Phi) is 11.6. The average Bonchev–Trinajstić information content (AvgIpc) is 3.09. The highest BCUT2D eigenvalue weighted by molar-refractivity contribution is 8.00. The molecule has 1 unspecified atom stereocenters. The molecule has 0 radical (unpaired) electrons. The lowest BCUT2D eigenvalue weighted by molar-refractivity contribution is -0.139. The fraction of sp³-hybridized carbons (Fsp3) is 0.593. The van der Waals surface area contributed by atoms with E-state index in [0.717, 1.165) is 17.1 Å². The van der Waals surface area contributed by atoms with Crippen molar-refractivity contribution in [2.24, 2.45) is 11.8 Å². The number of amides is 5. The Morgan fingerprint density at radius 1 is 1.00 bits per heavy atom. The number of imide groups is 1. The summed E-state index contributed by atoms with van der Waals surface area (Å²) in [6, 6.07) is 5.91. The van der Waals surface area contributed by atoms with Crippen LogP contribution in [0.25, 0.3) is 0 Å². The Bertz CT molecular complexity index is 980. The lowest BCUT2D eigenvalue weighted by Gasteiger charge is -2.24. The molecule has 204 valence electrons. The Balaban J connectivity index is 1.87. The van der Waals surface area contributed by atoms with Crippen molar-refractivity contribution in [1.82, 2.24) is 15.5 Å². The van der Waals surface area contributed by atoms with Crippen LogP contribution >= 0.6 is 11.8 Å². The van der Waals surface area contributed by atoms with E-state index in [1.165, 1.54) is 17.3 Å². The van der Waals surface area contributed by atoms with Crippen molar-refractivity contribution in [3.05, 3.63) is 29.8 Å². The van der Waals surface area contributed by atoms with Crippen LogP contribution < -0.4 is 16.0 Å². The summed E-state index contributed by atoms with van der Waals surface area (Å²) in [5.41, 5.74) is 1.82. The van der Waals surface area contributed by atoms with Gasteiger partial charge >= 0.3 is 0 Å². The Morgan fingerprint density at radius 3 is 2.22 bits per heavy atom. The van der Waals surface area contributed by atoms with Crippen molar-refractivity contribution >= 4 is 47.0 Å². The second-order valence-electron chi connectivity index (χ2n) is 10.1. The summed E-state index contributed by atoms with van der Waals surface area (Å²) in [6.45, 7) is 11.3. The summed E-state index contributed by atoms with van der Waals surface area (Å²) in [7, 11) is 0. The number of carbonyl (C=O) groups is 5. The number of thioether (sulfide) groups is 1. The predicted octanol–water partition coefficient (Wildman–Crippen LogP) is 2.74. The second kappa shape index (κ2) is 14.2. The Hall–Kier alpha value is -2.88. The minimum atomic E-state index is -0.869. The smallest absolute Gasteiger partial charge is 0.246 e. The van der Waals surface area contributed by atoms with E-state index in [1.807, 2.05) is 31.2 Å². The molecule has 3 N–H and O–H groups in total. The van der Waals surface area contributed by atoms with Crippen molar-refractivity contribution < 1.29 is 24.0 Å². The molecule has 0 aromatic heterocycles. The first-order valence-electron chi connectivity index (χ1n) is 12.9. The maximum absolute atomic E-state index is 12.9. The van der Waals surface area contributed by atoms with Crippen LogP contribution in [0, 0.1) is 11.8 Å². The lowest BCUT2D eigenvalue weighted by atomic mass is 10.0. The largest absolute Gasteiger partial charge is 0.344 e. The molecule has 0 aliphatic carbocycles. The number of anilines is 1. The number of benzene rings is 1. The number of hydrogen-bond donors (Lipinski definition) is 3. The molecule has 1 fully saturated rings. The van der Waals surface area contributed by atoms with Crippen molar-refractivity contribution in [3.8, 4) is 0 Å². The van der Waals surface area contributed by atoms with E-state index in [1.54, 1.807) is 20.8 Å². The number of likely N-dealkylation sites (tertiary alicyclic amines) is 1. The molecule has 3 atom stereocenters. The molecule has 1 saturated heterocycles. The first-order chi connectivity index (χ1) is 17.4. The highest BCUT2D eigenvalue weighted by atomic mass is 32.2. The maximum atomic E-state index is 12.9. The predicted molar refractivity (Wildman–Crippen MR) is 146 cm³/mol. The number of hydrogen-bond acceptors (Lipinski definition) is 6. The summed E-state index contributed by atoms with van der Waals surface area (Å²) in [5, 5.41) is 7.76. The summed E-state index contributed by atoms with van der Waals surface area (Å²) >= 11 is 1.42. The summed E-state index contributed by atoms with van der Waals surface area (Å²) < 4.78 is 0. The van der Waals surface area contributed by atoms with Gasteiger partial charge in [-0.05, 0) is 48.6 Å². The van der Waals surface area contributed by atoms with E-state index in [-0.39, 0.29) is 48.3 Å². The van der Waals surface area contributed by atoms with Gasteiger partial charge in [0.2, 0.25) is 29.5 Å². The number of nitrogens with one attached hydrogen (secondary N) is 3. The monoisotopic (exact) mass is 532 g/mol. The third kappa shape index (κ3) is 9.18. The topological polar surface area (TPSA) is 125 Å². The van der Waals surface area contributed by atoms with Gasteiger partial charge in [0, 0.05) is 25.1 Å². The fourth-order valence-corrected chi connectivity index (χ4v) is 4.96. The molecule has 5 amide bonds. The lowest BCUT2D eigenvalue weighted by Crippen LogP contribution is -2.54. The van der Waals surface area contributed by atoms with Gasteiger partial charge in [0.1, 0.15) is 12.1 Å². The quantitative estimate of drug-likeness (QED) is 0.336. The molecule has 0 spiro atoms. The Labute approximate surface area is 223 Å². The number of rotatable bonds is 13. The minimum absolute atomic E-state index is 0.0223. The number of nitrogens with zero attached hydrogens (tertiary/aromatic N) is 1. The van der Waals surface area contributed by atoms with Gasteiger partial charge in [-0.25, -0.2) is 0 Å². The van der Waals surface area contributed by atoms with E-state index in [0.29, 0.717) is 11.6 Å². The fourth-order valence-electron chi connectivity index (χ4n) is 4.03. The zero-order valence-electron chi connectivity index (χ0n) is 22.6. The van der Waals surface area contributed by atoms with Crippen LogP contribution in [0.2, 0.25) is 0 Å². The number of carbonyl (C=O) groups excluding carboxylic acids is 5. The van der Waals surface area contributed by atoms with Gasteiger partial charge in [-0.2, -0.15) is 0 Å². The van der Waals surface area contributed by atoms with Gasteiger partial charge in [-0.3, -0.25) is 28.9 Å². The van der Waals surface area contributed by atoms with Crippen molar-refractivity contribution in [3.63, 3.8) is 0 Å². The highest BCUT2D eigenvalue weighted by Crippen LogP contribution is 2.25. The van der Waals surface area contributed by atoms with Crippen LogP contribution in [-0.2, 0) is 30.4 Å². The molecule has 37 heavy (non-hydrogen) atoms. The van der Waals surface area contributed by atoms with Gasteiger partial charge in [-0.15, -0.1) is 11.8 Å². The zero-order chi connectivity index (χ0) is 27.7. The molecule has 1 aromatic carbocycles. The van der Waals surface area contributed by atoms with Crippen LogP contribution in [0.15, 0.2) is 24.3 Å². The molecular weight excluding hydrogens is 492 g/mol. The molecule has 10 heteroatoms. The van der Waals surface area contributed by atoms with Crippen molar-refractivity contribution in [2.45, 2.75) is 78.1 Å². The Morgan fingerprint density at radius 2 is 1.65 bits per heavy atom. The van der Waals surface area contributed by atoms with E-state index < -0.39 is 23.9 Å². The van der Waals surface area contributed by atoms with Crippen molar-refractivity contribution in [1.29, 1.82) is 0 Å². The van der Waals surface area contributed by atoms with Gasteiger partial charge in [-0.1, -0.05) is 46.8 Å². The third-order valence-electron chi connectivity index (χ3n) is 6.02. The van der Waals surface area contributed by atoms with E-state index >= 15 is 0 Å². The molecule has 2 rings (SSSR count). The zero-order valence-corrected chi connectivity index (χ0v) is 23.4. The van der Waals surface area contributed by atoms with Crippen molar-refractivity contribution in [2.75, 3.05) is 17.6 Å². The average molecular weight is 533 g/mol. The molecule has 0 bridgehead atoms. The molecular formula is C27H40N4O5S. The van der Waals surface area contributed by atoms with E-state index in [9.17, 15) is 24.0 Å². The van der Waals surface area contributed by atoms with Gasteiger partial charge in [0.15, 0.2) is 0 Å². The standard InChI is InChI=1S/C27H40N4O5S/c1-7-37-21-15-23(33)31(27(21)36)13-12-22(32)30-24(17(4)5)26(35)28-18(6)25(34)29-20-10-8-19(9-11-20)14-16(2)3/h8-11,16-18,21,24H,7,12-15H2,1-6H3,(H,28,35)(H,29,34)(H,30,32)/t18-,21?,24-/m0/s1. The van der Waals surface area contributed by atoms with Gasteiger partial charge in [0.05, 0.1) is 5.25 Å². The van der Waals surface area contributed by atoms with Crippen LogP contribution in [0.1, 0.15) is 59.9 Å². The molecule has 1 aliphatic rings. The molecule has 0 saturated carbocycles. The molecule has 1 heterocycles. The highest BCUT2D eigenvalue weighted by Gasteiger charge is 2.38. The van der Waals surface area contributed by atoms with E-state index in [4.69, 9.17) is 0 Å². The van der Waals surface area contributed by atoms with E-state index in [2.05, 4.69) is 29.8 Å². The van der Waals surface area contributed by atoms with Crippen LogP contribution in [0.5, 0.6) is 0 Å². The summed E-state index contributed by atoms with van der Waals surface area (Å²) in [4.78, 5) is 63.7. The first-order valence-corrected chi connectivity index (χ1v) is 13.9. The molecule has 1 aliphatic heterocycles. The van der Waals surface area contributed by atoms with Gasteiger partial charge in [0.25, 0.3) is 0 Å². The first kappa shape index (κ1) is 30.3. The third-order valence-corrected chi connectivity index (χ3v) is 7.12. The van der Waals surface area contributed by atoms with Crippen LogP contribution in [0.4, 0.5) is 5.69 Å². The van der Waals surface area contributed by atoms with Gasteiger partial charge < -0.3 is 16.0 Å². The summed E-state index contributed by atoms with van der Waals surface area (Å²) in [6.07, 6.45) is 1.00. The van der Waals surface area contributed by atoms with Crippen LogP contribution in [0.3, 0.4) is 0 Å². The SMILES string of the molecule is CCSC1CC(=O)N(CCC(=O)N[C@H](C(=O)N[C@@H](C)C(=O)Nc2ccc(CC(C)C)cc2)C(C)C)C1=O.